The van der Waals surface area contributed by atoms with Crippen LogP contribution in [-0.4, -0.2) is 50.2 Å². The number of nitrogens with zero attached hydrogens (tertiary/aromatic N) is 2. The molecule has 0 amide bonds. The molecule has 1 saturated heterocycles. The number of rotatable bonds is 5. The van der Waals surface area contributed by atoms with Crippen molar-refractivity contribution in [3.8, 4) is 5.75 Å². The Morgan fingerprint density at radius 3 is 2.52 bits per heavy atom. The van der Waals surface area contributed by atoms with E-state index in [0.717, 1.165) is 31.3 Å². The molecule has 5 heteroatoms. The molecule has 1 aliphatic rings. The highest BCUT2D eigenvalue weighted by molar-refractivity contribution is 5.80. The molecule has 0 bridgehead atoms. The summed E-state index contributed by atoms with van der Waals surface area (Å²) in [6.45, 7) is 9.78. The minimum atomic E-state index is 0.444. The highest BCUT2D eigenvalue weighted by Crippen LogP contribution is 2.18. The number of benzene rings is 1. The van der Waals surface area contributed by atoms with Crippen LogP contribution in [0.1, 0.15) is 26.3 Å². The van der Waals surface area contributed by atoms with Gasteiger partial charge in [-0.25, -0.2) is 0 Å². The van der Waals surface area contributed by atoms with E-state index in [4.69, 9.17) is 4.74 Å². The third-order valence-corrected chi connectivity index (χ3v) is 4.54. The van der Waals surface area contributed by atoms with Crippen molar-refractivity contribution in [2.24, 2.45) is 10.9 Å². The van der Waals surface area contributed by atoms with E-state index in [1.807, 2.05) is 19.2 Å². The van der Waals surface area contributed by atoms with Gasteiger partial charge in [0, 0.05) is 38.8 Å². The van der Waals surface area contributed by atoms with Gasteiger partial charge in [-0.15, -0.1) is 0 Å². The smallest absolute Gasteiger partial charge is 0.191 e. The summed E-state index contributed by atoms with van der Waals surface area (Å²) in [5, 5.41) is 6.96. The van der Waals surface area contributed by atoms with Gasteiger partial charge >= 0.3 is 0 Å². The molecule has 128 valence electrons. The second kappa shape index (κ2) is 8.20. The zero-order valence-electron chi connectivity index (χ0n) is 15.0. The van der Waals surface area contributed by atoms with E-state index in [9.17, 15) is 0 Å². The summed E-state index contributed by atoms with van der Waals surface area (Å²) in [7, 11) is 3.51. The van der Waals surface area contributed by atoms with Crippen LogP contribution in [0.2, 0.25) is 0 Å². The number of hydrogen-bond donors (Lipinski definition) is 2. The predicted octanol–water partition coefficient (Wildman–Crippen LogP) is 2.09. The summed E-state index contributed by atoms with van der Waals surface area (Å²) in [4.78, 5) is 6.87. The van der Waals surface area contributed by atoms with Gasteiger partial charge in [0.05, 0.1) is 7.11 Å². The summed E-state index contributed by atoms with van der Waals surface area (Å²) < 4.78 is 5.18. The van der Waals surface area contributed by atoms with E-state index in [2.05, 4.69) is 53.4 Å². The van der Waals surface area contributed by atoms with Crippen molar-refractivity contribution in [1.29, 1.82) is 0 Å². The van der Waals surface area contributed by atoms with E-state index in [1.165, 1.54) is 5.56 Å². The van der Waals surface area contributed by atoms with Crippen molar-refractivity contribution >= 4 is 5.96 Å². The summed E-state index contributed by atoms with van der Waals surface area (Å²) in [6.07, 6.45) is 0. The van der Waals surface area contributed by atoms with Gasteiger partial charge in [-0.1, -0.05) is 19.1 Å². The molecule has 2 N–H and O–H groups in total. The lowest BCUT2D eigenvalue weighted by molar-refractivity contribution is 0.265. The molecule has 2 unspecified atom stereocenters. The van der Waals surface area contributed by atoms with E-state index >= 15 is 0 Å². The van der Waals surface area contributed by atoms with Crippen LogP contribution in [-0.2, 0) is 6.54 Å². The highest BCUT2D eigenvalue weighted by atomic mass is 16.5. The standard InChI is InChI=1S/C18H30N4O/c1-13(2)22-11-14(3)17(12-22)21-18(19-4)20-10-15-6-8-16(23-5)9-7-15/h6-9,13-14,17H,10-12H2,1-5H3,(H2,19,20,21). The van der Waals surface area contributed by atoms with Crippen molar-refractivity contribution < 1.29 is 4.74 Å². The fraction of sp³-hybridized carbons (Fsp3) is 0.611. The molecule has 1 heterocycles. The first kappa shape index (κ1) is 17.6. The number of hydrogen-bond acceptors (Lipinski definition) is 3. The van der Waals surface area contributed by atoms with Crippen LogP contribution in [0.4, 0.5) is 0 Å². The number of likely N-dealkylation sites (tertiary alicyclic amines) is 1. The topological polar surface area (TPSA) is 48.9 Å². The lowest BCUT2D eigenvalue weighted by Crippen LogP contribution is -2.46. The minimum Gasteiger partial charge on any atom is -0.497 e. The van der Waals surface area contributed by atoms with Gasteiger partial charge in [-0.2, -0.15) is 0 Å². The Hall–Kier alpha value is -1.75. The molecule has 1 aromatic carbocycles. The predicted molar refractivity (Wildman–Crippen MR) is 96.0 cm³/mol. The molecule has 1 aliphatic heterocycles. The molecule has 2 rings (SSSR count). The first-order valence-corrected chi connectivity index (χ1v) is 8.37. The van der Waals surface area contributed by atoms with Crippen LogP contribution in [0.15, 0.2) is 29.3 Å². The largest absolute Gasteiger partial charge is 0.497 e. The van der Waals surface area contributed by atoms with E-state index in [-0.39, 0.29) is 0 Å². The number of nitrogens with one attached hydrogen (secondary N) is 2. The van der Waals surface area contributed by atoms with Crippen LogP contribution in [0, 0.1) is 5.92 Å². The van der Waals surface area contributed by atoms with Crippen molar-refractivity contribution in [2.75, 3.05) is 27.2 Å². The number of ether oxygens (including phenoxy) is 1. The van der Waals surface area contributed by atoms with Crippen LogP contribution in [0.25, 0.3) is 0 Å². The summed E-state index contributed by atoms with van der Waals surface area (Å²) in [5.74, 6) is 2.37. The maximum absolute atomic E-state index is 5.18. The Kier molecular flexibility index (Phi) is 6.28. The maximum atomic E-state index is 5.18. The Morgan fingerprint density at radius 2 is 2.00 bits per heavy atom. The van der Waals surface area contributed by atoms with E-state index in [0.29, 0.717) is 18.0 Å². The zero-order chi connectivity index (χ0) is 16.8. The SMILES string of the molecule is CN=C(NCc1ccc(OC)cc1)NC1CN(C(C)C)CC1C. The van der Waals surface area contributed by atoms with Crippen LogP contribution in [0.5, 0.6) is 5.75 Å². The molecule has 0 saturated carbocycles. The van der Waals surface area contributed by atoms with Crippen molar-refractivity contribution in [2.45, 2.75) is 39.4 Å². The molecule has 1 aromatic rings. The average Bonchev–Trinajstić information content (AvgIpc) is 2.93. The van der Waals surface area contributed by atoms with Gasteiger partial charge in [0.25, 0.3) is 0 Å². The van der Waals surface area contributed by atoms with Crippen molar-refractivity contribution in [1.82, 2.24) is 15.5 Å². The fourth-order valence-electron chi connectivity index (χ4n) is 2.91. The van der Waals surface area contributed by atoms with Crippen molar-refractivity contribution in [3.63, 3.8) is 0 Å². The van der Waals surface area contributed by atoms with Gasteiger partial charge in [-0.05, 0) is 37.5 Å². The molecular weight excluding hydrogens is 288 g/mol. The minimum absolute atomic E-state index is 0.444. The second-order valence-corrected chi connectivity index (χ2v) is 6.55. The molecule has 0 aromatic heterocycles. The van der Waals surface area contributed by atoms with Gasteiger partial charge in [0.2, 0.25) is 0 Å². The first-order chi connectivity index (χ1) is 11.0. The van der Waals surface area contributed by atoms with Crippen LogP contribution < -0.4 is 15.4 Å². The molecule has 0 spiro atoms. The van der Waals surface area contributed by atoms with E-state index in [1.54, 1.807) is 7.11 Å². The average molecular weight is 318 g/mol. The van der Waals surface area contributed by atoms with Crippen LogP contribution in [0.3, 0.4) is 0 Å². The second-order valence-electron chi connectivity index (χ2n) is 6.55. The maximum Gasteiger partial charge on any atom is 0.191 e. The Bertz CT molecular complexity index is 512. The molecule has 1 fully saturated rings. The number of aliphatic imine (C=N–C) groups is 1. The van der Waals surface area contributed by atoms with Gasteiger partial charge < -0.3 is 15.4 Å². The Balaban J connectivity index is 1.85. The van der Waals surface area contributed by atoms with Gasteiger partial charge in [0.1, 0.15) is 5.75 Å². The molecule has 0 aliphatic carbocycles. The van der Waals surface area contributed by atoms with Gasteiger partial charge in [-0.3, -0.25) is 9.89 Å². The zero-order valence-corrected chi connectivity index (χ0v) is 15.0. The number of guanidine groups is 1. The fourth-order valence-corrected chi connectivity index (χ4v) is 2.91. The van der Waals surface area contributed by atoms with Crippen LogP contribution >= 0.6 is 0 Å². The lowest BCUT2D eigenvalue weighted by Gasteiger charge is -2.22. The summed E-state index contributed by atoms with van der Waals surface area (Å²) in [5.41, 5.74) is 1.21. The highest BCUT2D eigenvalue weighted by Gasteiger charge is 2.31. The molecule has 5 nitrogen and oxygen atoms in total. The normalized spacial score (nSPS) is 22.4. The Morgan fingerprint density at radius 1 is 1.30 bits per heavy atom. The summed E-state index contributed by atoms with van der Waals surface area (Å²) in [6, 6.07) is 9.13. The first-order valence-electron chi connectivity index (χ1n) is 8.37. The summed E-state index contributed by atoms with van der Waals surface area (Å²) >= 11 is 0. The third kappa shape index (κ3) is 4.86. The Labute approximate surface area is 140 Å². The molecule has 2 atom stereocenters. The quantitative estimate of drug-likeness (QED) is 0.645. The molecule has 0 radical (unpaired) electrons. The molecule has 23 heavy (non-hydrogen) atoms. The van der Waals surface area contributed by atoms with E-state index < -0.39 is 0 Å². The van der Waals surface area contributed by atoms with Crippen molar-refractivity contribution in [3.05, 3.63) is 29.8 Å². The van der Waals surface area contributed by atoms with Gasteiger partial charge in [0.15, 0.2) is 5.96 Å². The molecular formula is C18H30N4O. The monoisotopic (exact) mass is 318 g/mol. The number of methoxy groups -OCH3 is 1. The third-order valence-electron chi connectivity index (χ3n) is 4.54. The lowest BCUT2D eigenvalue weighted by atomic mass is 10.1.